The third-order valence-electron chi connectivity index (χ3n) is 2.81. The average molecular weight is 308 g/mol. The molecule has 0 saturated heterocycles. The van der Waals surface area contributed by atoms with Gasteiger partial charge < -0.3 is 10.1 Å². The molecule has 112 valence electrons. The van der Waals surface area contributed by atoms with Crippen LogP contribution in [0.5, 0.6) is 0 Å². The van der Waals surface area contributed by atoms with Crippen molar-refractivity contribution < 1.29 is 9.66 Å². The van der Waals surface area contributed by atoms with Crippen molar-refractivity contribution in [2.45, 2.75) is 13.5 Å². The molecule has 0 saturated carbocycles. The number of benzene rings is 1. The van der Waals surface area contributed by atoms with E-state index in [0.717, 1.165) is 17.1 Å². The van der Waals surface area contributed by atoms with Gasteiger partial charge in [-0.25, -0.2) is 0 Å². The van der Waals surface area contributed by atoms with Crippen molar-refractivity contribution in [3.63, 3.8) is 0 Å². The molecule has 2 rings (SSSR count). The van der Waals surface area contributed by atoms with E-state index in [-0.39, 0.29) is 5.69 Å². The molecule has 0 unspecified atom stereocenters. The number of ether oxygens (including phenoxy) is 1. The fourth-order valence-electron chi connectivity index (χ4n) is 1.78. The number of hydrogen-bond acceptors (Lipinski definition) is 7. The predicted molar refractivity (Wildman–Crippen MR) is 80.3 cm³/mol. The maximum atomic E-state index is 11.1. The molecule has 21 heavy (non-hydrogen) atoms. The molecule has 1 aromatic carbocycles. The van der Waals surface area contributed by atoms with Crippen LogP contribution in [0.2, 0.25) is 0 Å². The summed E-state index contributed by atoms with van der Waals surface area (Å²) in [5.41, 5.74) is 1.52. The first-order valence-corrected chi connectivity index (χ1v) is 7.21. The van der Waals surface area contributed by atoms with Crippen molar-refractivity contribution >= 4 is 17.0 Å². The molecule has 0 bridgehead atoms. The van der Waals surface area contributed by atoms with Gasteiger partial charge in [0.25, 0.3) is 5.69 Å². The molecule has 0 atom stereocenters. The summed E-state index contributed by atoms with van der Waals surface area (Å²) in [6.45, 7) is 3.80. The molecule has 2 aromatic rings. The first-order valence-electron chi connectivity index (χ1n) is 6.39. The lowest BCUT2D eigenvalue weighted by atomic mass is 10.1. The second-order valence-corrected chi connectivity index (χ2v) is 5.51. The fourth-order valence-corrected chi connectivity index (χ4v) is 2.62. The van der Waals surface area contributed by atoms with Crippen molar-refractivity contribution in [2.24, 2.45) is 0 Å². The molecule has 0 radical (unpaired) electrons. The Kier molecular flexibility index (Phi) is 5.32. The molecule has 0 aliphatic heterocycles. The van der Waals surface area contributed by atoms with Crippen LogP contribution in [0.25, 0.3) is 10.6 Å². The van der Waals surface area contributed by atoms with Gasteiger partial charge in [-0.15, -0.1) is 10.2 Å². The highest BCUT2D eigenvalue weighted by molar-refractivity contribution is 7.14. The quantitative estimate of drug-likeness (QED) is 0.479. The maximum Gasteiger partial charge on any atom is 0.279 e. The van der Waals surface area contributed by atoms with Crippen LogP contribution in [-0.2, 0) is 11.3 Å². The predicted octanol–water partition coefficient (Wildman–Crippen LogP) is 2.16. The summed E-state index contributed by atoms with van der Waals surface area (Å²) in [5.74, 6) is 0. The van der Waals surface area contributed by atoms with Crippen LogP contribution in [-0.4, -0.2) is 35.4 Å². The van der Waals surface area contributed by atoms with E-state index in [0.29, 0.717) is 23.7 Å². The smallest absolute Gasteiger partial charge is 0.279 e. The molecule has 0 amide bonds. The Balaban J connectivity index is 2.17. The number of hydrogen-bond donors (Lipinski definition) is 1. The number of nitro benzene ring substituents is 1. The number of methoxy groups -OCH3 is 1. The first-order chi connectivity index (χ1) is 10.1. The number of nitro groups is 1. The van der Waals surface area contributed by atoms with E-state index in [1.165, 1.54) is 17.4 Å². The highest BCUT2D eigenvalue weighted by atomic mass is 32.1. The monoisotopic (exact) mass is 308 g/mol. The molecule has 1 heterocycles. The lowest BCUT2D eigenvalue weighted by Crippen LogP contribution is -2.18. The first kappa shape index (κ1) is 15.5. The fraction of sp³-hybridized carbons (Fsp3) is 0.385. The number of nitrogens with one attached hydrogen (secondary N) is 1. The Bertz CT molecular complexity index is 630. The van der Waals surface area contributed by atoms with Crippen LogP contribution in [0, 0.1) is 17.0 Å². The van der Waals surface area contributed by atoms with Gasteiger partial charge in [0.1, 0.15) is 5.01 Å². The number of aromatic nitrogens is 2. The summed E-state index contributed by atoms with van der Waals surface area (Å²) < 4.78 is 4.94. The normalized spacial score (nSPS) is 10.8. The van der Waals surface area contributed by atoms with Crippen LogP contribution in [0.3, 0.4) is 0 Å². The summed E-state index contributed by atoms with van der Waals surface area (Å²) in [7, 11) is 1.64. The van der Waals surface area contributed by atoms with E-state index in [1.54, 1.807) is 19.2 Å². The van der Waals surface area contributed by atoms with E-state index in [1.807, 2.05) is 6.92 Å². The van der Waals surface area contributed by atoms with E-state index in [4.69, 9.17) is 4.74 Å². The van der Waals surface area contributed by atoms with Crippen molar-refractivity contribution in [1.29, 1.82) is 0 Å². The van der Waals surface area contributed by atoms with Crippen molar-refractivity contribution in [3.8, 4) is 10.6 Å². The van der Waals surface area contributed by atoms with Gasteiger partial charge in [0.05, 0.1) is 17.1 Å². The van der Waals surface area contributed by atoms with E-state index in [9.17, 15) is 10.1 Å². The minimum atomic E-state index is -0.396. The SMILES string of the molecule is COCCNCc1nnc(-c2cc(C)ccc2[N+](=O)[O-])s1. The molecule has 1 aromatic heterocycles. The molecular weight excluding hydrogens is 292 g/mol. The lowest BCUT2D eigenvalue weighted by molar-refractivity contribution is -0.384. The van der Waals surface area contributed by atoms with Gasteiger partial charge in [-0.3, -0.25) is 10.1 Å². The van der Waals surface area contributed by atoms with Crippen LogP contribution < -0.4 is 5.32 Å². The van der Waals surface area contributed by atoms with Crippen LogP contribution >= 0.6 is 11.3 Å². The zero-order valence-corrected chi connectivity index (χ0v) is 12.6. The van der Waals surface area contributed by atoms with E-state index >= 15 is 0 Å². The van der Waals surface area contributed by atoms with Gasteiger partial charge in [-0.05, 0) is 18.6 Å². The van der Waals surface area contributed by atoms with Gasteiger partial charge in [0.2, 0.25) is 0 Å². The molecular formula is C13H16N4O3S. The van der Waals surface area contributed by atoms with Crippen LogP contribution in [0.15, 0.2) is 18.2 Å². The maximum absolute atomic E-state index is 11.1. The van der Waals surface area contributed by atoms with Crippen LogP contribution in [0.4, 0.5) is 5.69 Å². The van der Waals surface area contributed by atoms with Gasteiger partial charge in [-0.2, -0.15) is 0 Å². The highest BCUT2D eigenvalue weighted by Crippen LogP contribution is 2.32. The van der Waals surface area contributed by atoms with Gasteiger partial charge in [0.15, 0.2) is 5.01 Å². The number of rotatable bonds is 7. The summed E-state index contributed by atoms with van der Waals surface area (Å²) >= 11 is 1.35. The zero-order valence-electron chi connectivity index (χ0n) is 11.8. The van der Waals surface area contributed by atoms with Gasteiger partial charge in [-0.1, -0.05) is 17.4 Å². The Morgan fingerprint density at radius 2 is 2.24 bits per heavy atom. The molecule has 0 spiro atoms. The molecule has 7 nitrogen and oxygen atoms in total. The lowest BCUT2D eigenvalue weighted by Gasteiger charge is -2.00. The molecule has 0 fully saturated rings. The molecule has 8 heteroatoms. The minimum absolute atomic E-state index is 0.0515. The second kappa shape index (κ2) is 7.21. The number of aryl methyl sites for hydroxylation is 1. The Morgan fingerprint density at radius 3 is 2.95 bits per heavy atom. The molecule has 1 N–H and O–H groups in total. The Labute approximate surface area is 126 Å². The van der Waals surface area contributed by atoms with Crippen LogP contribution in [0.1, 0.15) is 10.6 Å². The minimum Gasteiger partial charge on any atom is -0.383 e. The third-order valence-corrected chi connectivity index (χ3v) is 3.76. The van der Waals surface area contributed by atoms with E-state index in [2.05, 4.69) is 15.5 Å². The van der Waals surface area contributed by atoms with E-state index < -0.39 is 4.92 Å². The summed E-state index contributed by atoms with van der Waals surface area (Å²) in [5, 5.41) is 23.7. The van der Waals surface area contributed by atoms with Crippen molar-refractivity contribution in [2.75, 3.05) is 20.3 Å². The topological polar surface area (TPSA) is 90.2 Å². The standard InChI is InChI=1S/C13H16N4O3S/c1-9-3-4-11(17(18)19)10(7-9)13-16-15-12(21-13)8-14-5-6-20-2/h3-4,7,14H,5-6,8H2,1-2H3. The van der Waals surface area contributed by atoms with Crippen molar-refractivity contribution in [1.82, 2.24) is 15.5 Å². The Hall–Kier alpha value is -1.90. The number of nitrogens with zero attached hydrogens (tertiary/aromatic N) is 3. The summed E-state index contributed by atoms with van der Waals surface area (Å²) in [4.78, 5) is 10.7. The molecule has 0 aliphatic rings. The van der Waals surface area contributed by atoms with Crippen molar-refractivity contribution in [3.05, 3.63) is 38.9 Å². The van der Waals surface area contributed by atoms with Gasteiger partial charge in [0, 0.05) is 26.3 Å². The second-order valence-electron chi connectivity index (χ2n) is 4.45. The third kappa shape index (κ3) is 4.03. The summed E-state index contributed by atoms with van der Waals surface area (Å²) in [6, 6.07) is 4.99. The average Bonchev–Trinajstić information content (AvgIpc) is 2.92. The molecule has 0 aliphatic carbocycles. The Morgan fingerprint density at radius 1 is 1.43 bits per heavy atom. The van der Waals surface area contributed by atoms with Gasteiger partial charge >= 0.3 is 0 Å². The zero-order chi connectivity index (χ0) is 15.2. The summed E-state index contributed by atoms with van der Waals surface area (Å²) in [6.07, 6.45) is 0. The highest BCUT2D eigenvalue weighted by Gasteiger charge is 2.18. The largest absolute Gasteiger partial charge is 0.383 e.